The molecule has 2 heterocycles. The molecular weight excluding hydrogens is 780 g/mol. The quantitative estimate of drug-likeness (QED) is 0.0374. The predicted molar refractivity (Wildman–Crippen MR) is 210 cm³/mol. The number of amides is 3. The van der Waals surface area contributed by atoms with E-state index in [1.54, 1.807) is 97.1 Å². The van der Waals surface area contributed by atoms with Gasteiger partial charge >= 0.3 is 15.6 Å². The highest BCUT2D eigenvalue weighted by molar-refractivity contribution is 7.47. The van der Waals surface area contributed by atoms with Crippen molar-refractivity contribution in [3.8, 4) is 0 Å². The summed E-state index contributed by atoms with van der Waals surface area (Å²) in [4.78, 5) is 68.8. The third-order valence-electron chi connectivity index (χ3n) is 8.64. The van der Waals surface area contributed by atoms with Gasteiger partial charge in [-0.3, -0.25) is 32.5 Å². The molecule has 0 fully saturated rings. The lowest BCUT2D eigenvalue weighted by Crippen LogP contribution is -2.41. The maximum Gasteiger partial charge on any atom is 0.472 e. The Balaban J connectivity index is 1.16. The Hall–Kier alpha value is -5.19. The second-order valence-electron chi connectivity index (χ2n) is 12.8. The Morgan fingerprint density at radius 2 is 1.11 bits per heavy atom. The van der Waals surface area contributed by atoms with Gasteiger partial charge in [-0.1, -0.05) is 72.8 Å². The van der Waals surface area contributed by atoms with E-state index in [9.17, 15) is 38.4 Å². The lowest BCUT2D eigenvalue weighted by Gasteiger charge is -2.24. The minimum atomic E-state index is -5.06. The van der Waals surface area contributed by atoms with E-state index >= 15 is 0 Å². The summed E-state index contributed by atoms with van der Waals surface area (Å²) in [5.41, 5.74) is 7.78. The zero-order valence-corrected chi connectivity index (χ0v) is 32.0. The van der Waals surface area contributed by atoms with Gasteiger partial charge in [0.2, 0.25) is 5.91 Å². The lowest BCUT2D eigenvalue weighted by atomic mass is 10.0. The number of phosphoric ester groups is 2. The van der Waals surface area contributed by atoms with Crippen molar-refractivity contribution in [3.05, 3.63) is 108 Å². The molecule has 0 spiro atoms. The first-order chi connectivity index (χ1) is 27.3. The number of hydrogen-bond donors (Lipinski definition) is 6. The average Bonchev–Trinajstić information content (AvgIpc) is 3.19. The van der Waals surface area contributed by atoms with Crippen LogP contribution in [0.2, 0.25) is 0 Å². The van der Waals surface area contributed by atoms with Crippen molar-refractivity contribution >= 4 is 77.0 Å². The first-order valence-electron chi connectivity index (χ1n) is 17.6. The van der Waals surface area contributed by atoms with Crippen LogP contribution in [0.1, 0.15) is 33.6 Å². The number of nitrogens with two attached hydrogens (primary N) is 1. The molecular formula is C38H39N5O12P2. The van der Waals surface area contributed by atoms with Crippen molar-refractivity contribution in [2.24, 2.45) is 5.73 Å². The Bertz CT molecular complexity index is 2430. The van der Waals surface area contributed by atoms with E-state index in [0.717, 1.165) is 0 Å². The molecule has 4 atom stereocenters. The van der Waals surface area contributed by atoms with Gasteiger partial charge < -0.3 is 31.3 Å². The Morgan fingerprint density at radius 3 is 1.56 bits per heavy atom. The number of hydrogen-bond acceptors (Lipinski definition) is 12. The zero-order chi connectivity index (χ0) is 40.6. The first kappa shape index (κ1) is 41.4. The fraction of sp³-hybridized carbons (Fsp3) is 0.237. The number of carbonyl (C=O) groups is 3. The molecule has 4 aromatic carbocycles. The van der Waals surface area contributed by atoms with Crippen molar-refractivity contribution < 1.29 is 56.5 Å². The third-order valence-corrected chi connectivity index (χ3v) is 10.7. The van der Waals surface area contributed by atoms with Gasteiger partial charge in [0.1, 0.15) is 6.10 Å². The molecule has 17 nitrogen and oxygen atoms in total. The Morgan fingerprint density at radius 1 is 0.667 bits per heavy atom. The van der Waals surface area contributed by atoms with Crippen molar-refractivity contribution in [1.82, 2.24) is 20.6 Å². The van der Waals surface area contributed by atoms with Crippen LogP contribution >= 0.6 is 15.6 Å². The van der Waals surface area contributed by atoms with Gasteiger partial charge in [0.05, 0.1) is 65.7 Å². The molecule has 19 heteroatoms. The molecule has 6 rings (SSSR count). The van der Waals surface area contributed by atoms with E-state index in [0.29, 0.717) is 49.2 Å². The summed E-state index contributed by atoms with van der Waals surface area (Å²) in [5, 5.41) is 17.4. The first-order valence-corrected chi connectivity index (χ1v) is 20.6. The van der Waals surface area contributed by atoms with Gasteiger partial charge in [0.15, 0.2) is 0 Å². The van der Waals surface area contributed by atoms with Crippen LogP contribution in [0.15, 0.2) is 97.1 Å². The Kier molecular flexibility index (Phi) is 13.4. The van der Waals surface area contributed by atoms with E-state index in [-0.39, 0.29) is 25.0 Å². The number of aromatic nitrogens is 2. The maximum atomic E-state index is 14.0. The van der Waals surface area contributed by atoms with Crippen LogP contribution < -0.4 is 16.4 Å². The summed E-state index contributed by atoms with van der Waals surface area (Å²) in [7, 11) is -9.84. The topological polar surface area (TPSA) is 259 Å². The molecule has 57 heavy (non-hydrogen) atoms. The smallest absolute Gasteiger partial charge is 0.394 e. The molecule has 0 saturated heterocycles. The summed E-state index contributed by atoms with van der Waals surface area (Å²) in [5.74, 6) is -1.89. The highest BCUT2D eigenvalue weighted by Crippen LogP contribution is 2.46. The maximum absolute atomic E-state index is 14.0. The van der Waals surface area contributed by atoms with Crippen molar-refractivity contribution in [3.63, 3.8) is 0 Å². The number of fused-ring (bicyclic) bond motifs is 4. The zero-order valence-electron chi connectivity index (χ0n) is 30.2. The van der Waals surface area contributed by atoms with Gasteiger partial charge in [-0.2, -0.15) is 0 Å². The normalized spacial score (nSPS) is 14.9. The molecule has 3 unspecified atom stereocenters. The summed E-state index contributed by atoms with van der Waals surface area (Å²) >= 11 is 0. The van der Waals surface area contributed by atoms with Gasteiger partial charge in [-0.15, -0.1) is 0 Å². The molecule has 0 aliphatic heterocycles. The average molecular weight is 820 g/mol. The van der Waals surface area contributed by atoms with Gasteiger partial charge in [-0.05, 0) is 30.7 Å². The number of phosphoric acid groups is 2. The van der Waals surface area contributed by atoms with Gasteiger partial charge in [0.25, 0.3) is 11.8 Å². The van der Waals surface area contributed by atoms with E-state index < -0.39 is 71.9 Å². The monoisotopic (exact) mass is 819 g/mol. The molecule has 2 aromatic heterocycles. The molecule has 0 bridgehead atoms. The van der Waals surface area contributed by atoms with Crippen LogP contribution in [0.5, 0.6) is 0 Å². The number of carbonyl (C=O) groups excluding carboxylic acids is 3. The second-order valence-corrected chi connectivity index (χ2v) is 15.6. The highest BCUT2D eigenvalue weighted by Gasteiger charge is 2.31. The molecule has 0 aliphatic rings. The van der Waals surface area contributed by atoms with E-state index in [2.05, 4.69) is 20.6 Å². The largest absolute Gasteiger partial charge is 0.472 e. The summed E-state index contributed by atoms with van der Waals surface area (Å²) in [6, 6.07) is 26.5. The number of aliphatic hydroxyl groups excluding tert-OH is 1. The number of aliphatic hydroxyl groups is 1. The van der Waals surface area contributed by atoms with Crippen LogP contribution in [-0.4, -0.2) is 87.7 Å². The van der Waals surface area contributed by atoms with Gasteiger partial charge in [0, 0.05) is 34.5 Å². The fourth-order valence-electron chi connectivity index (χ4n) is 6.04. The highest BCUT2D eigenvalue weighted by atomic mass is 31.2. The second kappa shape index (κ2) is 18.4. The molecule has 298 valence electrons. The SMILES string of the molecule is NC(=O)CCCOP(=O)(O)OCC(COP(=O)(O)O[C@@H](CO)CNC(=O)c1c2ccccc2nc2ccccc12)NC(=O)c1c2ccccc2nc2ccccc12. The molecule has 0 radical (unpaired) electrons. The predicted octanol–water partition coefficient (Wildman–Crippen LogP) is 4.51. The van der Waals surface area contributed by atoms with Gasteiger partial charge in [-0.25, -0.2) is 19.1 Å². The molecule has 0 aliphatic carbocycles. The Labute approximate surface area is 325 Å². The van der Waals surface area contributed by atoms with Crippen molar-refractivity contribution in [2.45, 2.75) is 25.0 Å². The van der Waals surface area contributed by atoms with Crippen molar-refractivity contribution in [1.29, 1.82) is 0 Å². The number of pyridine rings is 2. The number of nitrogens with one attached hydrogen (secondary N) is 2. The number of para-hydroxylation sites is 4. The van der Waals surface area contributed by atoms with Crippen molar-refractivity contribution in [2.75, 3.05) is 33.0 Å². The minimum Gasteiger partial charge on any atom is -0.394 e. The summed E-state index contributed by atoms with van der Waals surface area (Å²) in [6.45, 7) is -3.14. The third kappa shape index (κ3) is 10.6. The van der Waals surface area contributed by atoms with E-state index in [1.165, 1.54) is 0 Å². The van der Waals surface area contributed by atoms with Crippen LogP contribution in [0.25, 0.3) is 43.6 Å². The summed E-state index contributed by atoms with van der Waals surface area (Å²) < 4.78 is 46.3. The van der Waals surface area contributed by atoms with Crippen LogP contribution in [-0.2, 0) is 32.0 Å². The molecule has 0 saturated carbocycles. The van der Waals surface area contributed by atoms with Crippen LogP contribution in [0, 0.1) is 0 Å². The number of benzene rings is 4. The molecule has 7 N–H and O–H groups in total. The van der Waals surface area contributed by atoms with Crippen LogP contribution in [0.3, 0.4) is 0 Å². The standard InChI is InChI=1S/C38H39N5O12P2/c39-34(45)18-9-19-52-56(48,49)53-22-24(41-38(47)36-28-12-3-7-16-32(28)43-33-17-8-4-13-29(33)36)23-54-57(50,51)55-25(21-44)20-40-37(46)35-26-10-1-5-14-30(26)42-31-15-6-2-11-27(31)35/h1-8,10-17,24-25,44H,9,18-23H2,(H2,39,45)(H,40,46)(H,41,47)(H,48,49)(H,50,51)/t24?,25-/m1/s1. The molecule has 6 aromatic rings. The van der Waals surface area contributed by atoms with E-state index in [1.807, 2.05) is 0 Å². The number of nitrogens with zero attached hydrogens (tertiary/aromatic N) is 2. The molecule has 3 amide bonds. The number of rotatable bonds is 19. The number of primary amides is 1. The fourth-order valence-corrected chi connectivity index (χ4v) is 7.79. The van der Waals surface area contributed by atoms with Crippen LogP contribution in [0.4, 0.5) is 0 Å². The summed E-state index contributed by atoms with van der Waals surface area (Å²) in [6.07, 6.45) is -1.51. The minimum absolute atomic E-state index is 0.0297. The van der Waals surface area contributed by atoms with E-state index in [4.69, 9.17) is 23.8 Å². The lowest BCUT2D eigenvalue weighted by molar-refractivity contribution is -0.118.